The van der Waals surface area contributed by atoms with Gasteiger partial charge in [-0.3, -0.25) is 4.68 Å². The van der Waals surface area contributed by atoms with Gasteiger partial charge < -0.3 is 5.32 Å². The molecular weight excluding hydrogens is 218 g/mol. The fraction of sp³-hybridized carbons (Fsp3) is 0.750. The molecule has 2 heterocycles. The van der Waals surface area contributed by atoms with E-state index in [0.29, 0.717) is 12.1 Å². The maximum atomic E-state index is 4.54. The predicted molar refractivity (Wildman–Crippen MR) is 69.8 cm³/mol. The molecule has 1 aliphatic rings. The molecule has 0 aliphatic carbocycles. The molecule has 1 unspecified atom stereocenters. The average Bonchev–Trinajstić information content (AvgIpc) is 2.76. The van der Waals surface area contributed by atoms with Crippen molar-refractivity contribution in [1.29, 1.82) is 0 Å². The topological polar surface area (TPSA) is 29.9 Å². The minimum Gasteiger partial charge on any atom is -0.307 e. The first kappa shape index (κ1) is 12.0. The molecule has 1 saturated heterocycles. The van der Waals surface area contributed by atoms with E-state index >= 15 is 0 Å². The van der Waals surface area contributed by atoms with E-state index in [2.05, 4.69) is 48.3 Å². The lowest BCUT2D eigenvalue weighted by molar-refractivity contribution is 0.488. The third kappa shape index (κ3) is 3.25. The zero-order valence-electron chi connectivity index (χ0n) is 10.1. The Labute approximate surface area is 102 Å². The quantitative estimate of drug-likeness (QED) is 0.875. The Morgan fingerprint density at radius 3 is 3.12 bits per heavy atom. The van der Waals surface area contributed by atoms with E-state index in [9.17, 15) is 0 Å². The molecule has 0 aromatic carbocycles. The predicted octanol–water partition coefficient (Wildman–Crippen LogP) is 2.45. The van der Waals surface area contributed by atoms with Crippen molar-refractivity contribution in [2.24, 2.45) is 0 Å². The van der Waals surface area contributed by atoms with E-state index in [1.807, 2.05) is 4.68 Å². The Kier molecular flexibility index (Phi) is 4.29. The van der Waals surface area contributed by atoms with Crippen LogP contribution in [0, 0.1) is 0 Å². The molecule has 1 aliphatic heterocycles. The van der Waals surface area contributed by atoms with Crippen molar-refractivity contribution in [3.63, 3.8) is 0 Å². The van der Waals surface area contributed by atoms with Crippen LogP contribution in [0.25, 0.3) is 0 Å². The maximum Gasteiger partial charge on any atom is 0.0762 e. The van der Waals surface area contributed by atoms with E-state index < -0.39 is 0 Å². The Morgan fingerprint density at radius 2 is 2.50 bits per heavy atom. The number of aromatic nitrogens is 2. The van der Waals surface area contributed by atoms with Gasteiger partial charge in [0.15, 0.2) is 0 Å². The maximum absolute atomic E-state index is 4.54. The molecule has 90 valence electrons. The van der Waals surface area contributed by atoms with Crippen LogP contribution < -0.4 is 5.32 Å². The lowest BCUT2D eigenvalue weighted by atomic mass is 10.2. The molecule has 0 bridgehead atoms. The van der Waals surface area contributed by atoms with Crippen LogP contribution in [0.3, 0.4) is 0 Å². The van der Waals surface area contributed by atoms with Gasteiger partial charge in [-0.1, -0.05) is 0 Å². The van der Waals surface area contributed by atoms with E-state index in [1.54, 1.807) is 0 Å². The van der Waals surface area contributed by atoms with Gasteiger partial charge >= 0.3 is 0 Å². The second kappa shape index (κ2) is 5.73. The molecule has 0 saturated carbocycles. The number of thioether (sulfide) groups is 1. The Hall–Kier alpha value is -0.480. The molecule has 0 radical (unpaired) electrons. The molecule has 0 amide bonds. The molecule has 1 aromatic rings. The van der Waals surface area contributed by atoms with Gasteiger partial charge in [0.1, 0.15) is 0 Å². The van der Waals surface area contributed by atoms with Gasteiger partial charge in [-0.25, -0.2) is 0 Å². The van der Waals surface area contributed by atoms with Gasteiger partial charge in [-0.05, 0) is 38.5 Å². The monoisotopic (exact) mass is 239 g/mol. The number of rotatable bonds is 4. The highest BCUT2D eigenvalue weighted by atomic mass is 32.2. The van der Waals surface area contributed by atoms with E-state index in [-0.39, 0.29) is 0 Å². The van der Waals surface area contributed by atoms with Crippen molar-refractivity contribution >= 4 is 11.8 Å². The first-order chi connectivity index (χ1) is 7.75. The molecule has 16 heavy (non-hydrogen) atoms. The van der Waals surface area contributed by atoms with Crippen molar-refractivity contribution in [1.82, 2.24) is 15.1 Å². The van der Waals surface area contributed by atoms with Crippen LogP contribution in [-0.4, -0.2) is 27.3 Å². The SMILES string of the molecule is CC(C)n1ccc(CNC2CCCSC2)n1. The first-order valence-electron chi connectivity index (χ1n) is 6.11. The molecule has 4 heteroatoms. The standard InChI is InChI=1S/C12H21N3S/c1-10(2)15-6-5-11(14-15)8-13-12-4-3-7-16-9-12/h5-6,10,12-13H,3-4,7-9H2,1-2H3. The molecule has 2 rings (SSSR count). The van der Waals surface area contributed by atoms with Gasteiger partial charge in [-0.15, -0.1) is 0 Å². The summed E-state index contributed by atoms with van der Waals surface area (Å²) >= 11 is 2.06. The third-order valence-electron chi connectivity index (χ3n) is 2.92. The molecule has 1 atom stereocenters. The van der Waals surface area contributed by atoms with Crippen LogP contribution in [0.2, 0.25) is 0 Å². The number of nitrogens with one attached hydrogen (secondary N) is 1. The van der Waals surface area contributed by atoms with Crippen molar-refractivity contribution in [2.75, 3.05) is 11.5 Å². The normalized spacial score (nSPS) is 21.6. The summed E-state index contributed by atoms with van der Waals surface area (Å²) in [7, 11) is 0. The summed E-state index contributed by atoms with van der Waals surface area (Å²) in [5.41, 5.74) is 1.16. The molecule has 3 nitrogen and oxygen atoms in total. The Bertz CT molecular complexity index is 316. The van der Waals surface area contributed by atoms with Gasteiger partial charge in [0.25, 0.3) is 0 Å². The van der Waals surface area contributed by atoms with Crippen LogP contribution in [0.5, 0.6) is 0 Å². The van der Waals surface area contributed by atoms with Crippen molar-refractivity contribution in [3.8, 4) is 0 Å². The smallest absolute Gasteiger partial charge is 0.0762 e. The van der Waals surface area contributed by atoms with Gasteiger partial charge in [0.05, 0.1) is 5.69 Å². The summed E-state index contributed by atoms with van der Waals surface area (Å²) in [5.74, 6) is 2.59. The highest BCUT2D eigenvalue weighted by Gasteiger charge is 2.13. The summed E-state index contributed by atoms with van der Waals surface area (Å²) in [4.78, 5) is 0. The van der Waals surface area contributed by atoms with E-state index in [1.165, 1.54) is 24.3 Å². The summed E-state index contributed by atoms with van der Waals surface area (Å²) in [6, 6.07) is 3.25. The van der Waals surface area contributed by atoms with Gasteiger partial charge in [0.2, 0.25) is 0 Å². The fourth-order valence-electron chi connectivity index (χ4n) is 1.91. The number of hydrogen-bond acceptors (Lipinski definition) is 3. The largest absolute Gasteiger partial charge is 0.307 e. The summed E-state index contributed by atoms with van der Waals surface area (Å²) < 4.78 is 2.02. The molecular formula is C12H21N3S. The Morgan fingerprint density at radius 1 is 1.62 bits per heavy atom. The van der Waals surface area contributed by atoms with Crippen molar-refractivity contribution in [2.45, 2.75) is 45.3 Å². The minimum absolute atomic E-state index is 0.457. The lowest BCUT2D eigenvalue weighted by Gasteiger charge is -2.22. The third-order valence-corrected chi connectivity index (χ3v) is 4.14. The van der Waals surface area contributed by atoms with Crippen LogP contribution in [0.4, 0.5) is 0 Å². The summed E-state index contributed by atoms with van der Waals surface area (Å²) in [6.45, 7) is 5.22. The van der Waals surface area contributed by atoms with E-state index in [0.717, 1.165) is 12.2 Å². The van der Waals surface area contributed by atoms with Crippen LogP contribution in [0.15, 0.2) is 12.3 Å². The molecule has 1 fully saturated rings. The first-order valence-corrected chi connectivity index (χ1v) is 7.26. The lowest BCUT2D eigenvalue weighted by Crippen LogP contribution is -2.33. The average molecular weight is 239 g/mol. The van der Waals surface area contributed by atoms with Crippen molar-refractivity contribution in [3.05, 3.63) is 18.0 Å². The number of nitrogens with zero attached hydrogens (tertiary/aromatic N) is 2. The number of hydrogen-bond donors (Lipinski definition) is 1. The fourth-order valence-corrected chi connectivity index (χ4v) is 3.02. The van der Waals surface area contributed by atoms with E-state index in [4.69, 9.17) is 0 Å². The van der Waals surface area contributed by atoms with Gasteiger partial charge in [-0.2, -0.15) is 16.9 Å². The highest BCUT2D eigenvalue weighted by Crippen LogP contribution is 2.17. The van der Waals surface area contributed by atoms with Crippen molar-refractivity contribution < 1.29 is 0 Å². The van der Waals surface area contributed by atoms with Crippen LogP contribution in [0.1, 0.15) is 38.4 Å². The zero-order chi connectivity index (χ0) is 11.4. The van der Waals surface area contributed by atoms with Crippen LogP contribution >= 0.6 is 11.8 Å². The van der Waals surface area contributed by atoms with Gasteiger partial charge in [0, 0.05) is 30.6 Å². The summed E-state index contributed by atoms with van der Waals surface area (Å²) in [5, 5.41) is 8.13. The minimum atomic E-state index is 0.457. The molecule has 0 spiro atoms. The summed E-state index contributed by atoms with van der Waals surface area (Å²) in [6.07, 6.45) is 4.73. The van der Waals surface area contributed by atoms with Crippen LogP contribution in [-0.2, 0) is 6.54 Å². The molecule has 1 aromatic heterocycles. The molecule has 1 N–H and O–H groups in total. The Balaban J connectivity index is 1.79. The second-order valence-corrected chi connectivity index (χ2v) is 5.83. The zero-order valence-corrected chi connectivity index (χ0v) is 11.0. The highest BCUT2D eigenvalue weighted by molar-refractivity contribution is 7.99. The second-order valence-electron chi connectivity index (χ2n) is 4.68.